The topological polar surface area (TPSA) is 55.7 Å². The van der Waals surface area contributed by atoms with Gasteiger partial charge >= 0.3 is 0 Å². The Bertz CT molecular complexity index is 697. The maximum Gasteiger partial charge on any atom is 0.215 e. The van der Waals surface area contributed by atoms with Gasteiger partial charge in [-0.05, 0) is 35.8 Å². The van der Waals surface area contributed by atoms with Crippen molar-refractivity contribution in [1.82, 2.24) is 0 Å². The number of hydrogen-bond donors (Lipinski definition) is 0. The van der Waals surface area contributed by atoms with Crippen LogP contribution in [0.15, 0.2) is 51.0 Å². The summed E-state index contributed by atoms with van der Waals surface area (Å²) in [6.45, 7) is 5.82. The zero-order valence-electron chi connectivity index (χ0n) is 13.3. The Hall–Kier alpha value is -1.49. The molecule has 0 radical (unpaired) electrons. The Morgan fingerprint density at radius 2 is 1.70 bits per heavy atom. The molecule has 0 spiro atoms. The summed E-state index contributed by atoms with van der Waals surface area (Å²) in [5.41, 5.74) is -0.503. The lowest BCUT2D eigenvalue weighted by Crippen LogP contribution is -2.32. The van der Waals surface area contributed by atoms with E-state index in [4.69, 9.17) is 27.9 Å². The number of ether oxygens (including phenoxy) is 1. The van der Waals surface area contributed by atoms with E-state index < -0.39 is 11.5 Å². The molecule has 0 fully saturated rings. The van der Waals surface area contributed by atoms with Crippen molar-refractivity contribution in [3.63, 3.8) is 0 Å². The predicted octanol–water partition coefficient (Wildman–Crippen LogP) is 3.71. The number of Topliss-reactive ketones (excluding diaryl/α,β-unsaturated/α-hetero) is 1. The molecule has 0 heterocycles. The molecule has 1 atom stereocenters. The van der Waals surface area contributed by atoms with Crippen LogP contribution in [-0.4, -0.2) is 30.1 Å². The molecule has 0 N–H and O–H groups in total. The van der Waals surface area contributed by atoms with E-state index in [0.29, 0.717) is 11.3 Å². The summed E-state index contributed by atoms with van der Waals surface area (Å²) in [6, 6.07) is 0. The first-order valence-corrected chi connectivity index (χ1v) is 7.74. The van der Waals surface area contributed by atoms with Gasteiger partial charge in [0.15, 0.2) is 11.5 Å². The van der Waals surface area contributed by atoms with Crippen LogP contribution in [0.2, 0.25) is 0 Å². The van der Waals surface area contributed by atoms with E-state index >= 15 is 0 Å². The molecule has 2 rings (SSSR count). The highest BCUT2D eigenvalue weighted by atomic mass is 35.5. The summed E-state index contributed by atoms with van der Waals surface area (Å²) in [4.78, 5) is 28.2. The van der Waals surface area contributed by atoms with Gasteiger partial charge in [0.2, 0.25) is 5.78 Å². The van der Waals surface area contributed by atoms with E-state index in [9.17, 15) is 9.59 Å². The number of ketones is 2. The summed E-state index contributed by atoms with van der Waals surface area (Å²) in [5.74, 6) is -0.523. The molecule has 23 heavy (non-hydrogen) atoms. The van der Waals surface area contributed by atoms with Gasteiger partial charge in [-0.15, -0.1) is 0 Å². The van der Waals surface area contributed by atoms with Crippen molar-refractivity contribution in [1.29, 1.82) is 0 Å². The van der Waals surface area contributed by atoms with Crippen LogP contribution in [0, 0.1) is 5.41 Å². The number of carbonyl (C=O) groups is 2. The van der Waals surface area contributed by atoms with Crippen LogP contribution in [0.4, 0.5) is 0 Å². The number of methoxy groups -OCH3 is 1. The molecule has 0 saturated carbocycles. The van der Waals surface area contributed by atoms with Gasteiger partial charge in [-0.1, -0.05) is 44.0 Å². The molecule has 0 aliphatic heterocycles. The minimum Gasteiger partial charge on any atom is -0.350 e. The fourth-order valence-corrected chi connectivity index (χ4v) is 2.73. The summed E-state index contributed by atoms with van der Waals surface area (Å²) < 4.78 is 5.52. The number of carbonyl (C=O) groups excluding carboxylic acids is 2. The monoisotopic (exact) mass is 353 g/mol. The van der Waals surface area contributed by atoms with Crippen LogP contribution in [-0.2, 0) is 14.3 Å². The van der Waals surface area contributed by atoms with Gasteiger partial charge in [0, 0.05) is 12.7 Å². The Morgan fingerprint density at radius 1 is 1.13 bits per heavy atom. The molecular formula is C17H17Cl2NO3. The third-order valence-electron chi connectivity index (χ3n) is 3.51. The van der Waals surface area contributed by atoms with E-state index in [1.165, 1.54) is 25.3 Å². The molecule has 122 valence electrons. The number of rotatable bonds is 2. The molecule has 0 aromatic heterocycles. The van der Waals surface area contributed by atoms with Crippen molar-refractivity contribution < 1.29 is 14.3 Å². The van der Waals surface area contributed by atoms with Gasteiger partial charge in [-0.25, -0.2) is 4.99 Å². The SMILES string of the molecule is COC1(N=C2C=C(Cl)C(=O)C(Cl)=C2)C=CC(=O)C(C(C)(C)C)=C1. The fraction of sp³-hybridized carbons (Fsp3) is 0.353. The highest BCUT2D eigenvalue weighted by Gasteiger charge is 2.34. The summed E-state index contributed by atoms with van der Waals surface area (Å²) >= 11 is 11.7. The average Bonchev–Trinajstić information content (AvgIpc) is 2.46. The number of aliphatic imine (C=N–C) groups is 1. The maximum atomic E-state index is 12.1. The summed E-state index contributed by atoms with van der Waals surface area (Å²) in [5, 5.41) is -0.0308. The van der Waals surface area contributed by atoms with E-state index in [1.54, 1.807) is 12.2 Å². The van der Waals surface area contributed by atoms with E-state index in [0.717, 1.165) is 0 Å². The highest BCUT2D eigenvalue weighted by Crippen LogP contribution is 2.34. The fourth-order valence-electron chi connectivity index (χ4n) is 2.25. The molecule has 0 bridgehead atoms. The second kappa shape index (κ2) is 6.19. The number of hydrogen-bond acceptors (Lipinski definition) is 4. The van der Waals surface area contributed by atoms with Gasteiger partial charge in [-0.3, -0.25) is 9.59 Å². The molecule has 0 amide bonds. The Labute approximate surface area is 145 Å². The zero-order chi connectivity index (χ0) is 17.4. The molecule has 4 nitrogen and oxygen atoms in total. The minimum absolute atomic E-state index is 0.0154. The van der Waals surface area contributed by atoms with Crippen molar-refractivity contribution >= 4 is 40.5 Å². The number of nitrogens with zero attached hydrogens (tertiary/aromatic N) is 1. The van der Waals surface area contributed by atoms with E-state index in [-0.39, 0.29) is 21.3 Å². The first-order chi connectivity index (χ1) is 10.6. The van der Waals surface area contributed by atoms with E-state index in [2.05, 4.69) is 4.99 Å². The standard InChI is InChI=1S/C17H17Cl2NO3/c1-16(2,3)11-9-17(23-4,6-5-14(11)21)20-10-7-12(18)15(22)13(19)8-10/h5-9H,1-4H3. The van der Waals surface area contributed by atoms with Crippen molar-refractivity contribution in [2.24, 2.45) is 10.4 Å². The summed E-state index contributed by atoms with van der Waals surface area (Å²) in [7, 11) is 1.49. The minimum atomic E-state index is -1.15. The molecular weight excluding hydrogens is 337 g/mol. The molecule has 0 saturated heterocycles. The number of halogens is 2. The van der Waals surface area contributed by atoms with Gasteiger partial charge in [0.05, 0.1) is 15.8 Å². The van der Waals surface area contributed by atoms with Crippen molar-refractivity contribution in [2.45, 2.75) is 26.5 Å². The van der Waals surface area contributed by atoms with Crippen LogP contribution in [0.3, 0.4) is 0 Å². The van der Waals surface area contributed by atoms with Gasteiger partial charge in [-0.2, -0.15) is 0 Å². The van der Waals surface area contributed by atoms with Crippen LogP contribution >= 0.6 is 23.2 Å². The molecule has 0 aromatic rings. The lowest BCUT2D eigenvalue weighted by atomic mass is 9.80. The Kier molecular flexibility index (Phi) is 4.81. The Morgan fingerprint density at radius 3 is 2.17 bits per heavy atom. The number of allylic oxidation sites excluding steroid dienone is 6. The van der Waals surface area contributed by atoms with Crippen molar-refractivity contribution in [2.75, 3.05) is 7.11 Å². The summed E-state index contributed by atoms with van der Waals surface area (Å²) in [6.07, 6.45) is 7.54. The van der Waals surface area contributed by atoms with Crippen molar-refractivity contribution in [3.05, 3.63) is 46.0 Å². The van der Waals surface area contributed by atoms with Crippen molar-refractivity contribution in [3.8, 4) is 0 Å². The second-order valence-corrected chi connectivity index (χ2v) is 7.13. The smallest absolute Gasteiger partial charge is 0.215 e. The molecule has 1 unspecified atom stereocenters. The predicted molar refractivity (Wildman–Crippen MR) is 91.7 cm³/mol. The largest absolute Gasteiger partial charge is 0.350 e. The van der Waals surface area contributed by atoms with Crippen LogP contribution < -0.4 is 0 Å². The molecule has 2 aliphatic carbocycles. The normalized spacial score (nSPS) is 25.1. The third-order valence-corrected chi connectivity index (χ3v) is 4.07. The Balaban J connectivity index is 2.53. The third kappa shape index (κ3) is 3.71. The lowest BCUT2D eigenvalue weighted by molar-refractivity contribution is -0.113. The van der Waals surface area contributed by atoms with Gasteiger partial charge in [0.1, 0.15) is 0 Å². The van der Waals surface area contributed by atoms with Gasteiger partial charge < -0.3 is 4.74 Å². The first kappa shape index (κ1) is 17.9. The highest BCUT2D eigenvalue weighted by molar-refractivity contribution is 6.57. The van der Waals surface area contributed by atoms with Crippen LogP contribution in [0.1, 0.15) is 20.8 Å². The van der Waals surface area contributed by atoms with Crippen LogP contribution in [0.25, 0.3) is 0 Å². The zero-order valence-corrected chi connectivity index (χ0v) is 14.8. The first-order valence-electron chi connectivity index (χ1n) is 6.99. The van der Waals surface area contributed by atoms with Gasteiger partial charge in [0.25, 0.3) is 0 Å². The second-order valence-electron chi connectivity index (χ2n) is 6.31. The molecule has 6 heteroatoms. The lowest BCUT2D eigenvalue weighted by Gasteiger charge is -2.30. The average molecular weight is 354 g/mol. The molecule has 2 aliphatic rings. The quantitative estimate of drug-likeness (QED) is 0.711. The maximum absolute atomic E-state index is 12.1. The van der Waals surface area contributed by atoms with Crippen LogP contribution in [0.5, 0.6) is 0 Å². The molecule has 0 aromatic carbocycles. The van der Waals surface area contributed by atoms with E-state index in [1.807, 2.05) is 20.8 Å².